The Kier molecular flexibility index (Phi) is 5.73. The van der Waals surface area contributed by atoms with Crippen LogP contribution in [0.5, 0.6) is 5.75 Å². The lowest BCUT2D eigenvalue weighted by atomic mass is 10.1. The van der Waals surface area contributed by atoms with E-state index in [0.29, 0.717) is 5.56 Å². The van der Waals surface area contributed by atoms with Crippen LogP contribution in [-0.4, -0.2) is 57.6 Å². The molecular weight excluding hydrogens is 330 g/mol. The molecule has 26 heavy (non-hydrogen) atoms. The Bertz CT molecular complexity index is 766. The summed E-state index contributed by atoms with van der Waals surface area (Å²) in [6.45, 7) is 3.46. The van der Waals surface area contributed by atoms with Crippen LogP contribution in [0.4, 0.5) is 5.69 Å². The van der Waals surface area contributed by atoms with Crippen molar-refractivity contribution in [3.63, 3.8) is 0 Å². The van der Waals surface area contributed by atoms with Crippen LogP contribution in [0, 0.1) is 0 Å². The van der Waals surface area contributed by atoms with Gasteiger partial charge in [-0.15, -0.1) is 0 Å². The summed E-state index contributed by atoms with van der Waals surface area (Å²) >= 11 is 0. The molecule has 2 aromatic carbocycles. The van der Waals surface area contributed by atoms with E-state index in [0.717, 1.165) is 43.2 Å². The number of methoxy groups -OCH3 is 2. The maximum atomic E-state index is 11.4. The van der Waals surface area contributed by atoms with Crippen LogP contribution in [0.2, 0.25) is 0 Å². The summed E-state index contributed by atoms with van der Waals surface area (Å²) < 4.78 is 10.1. The Hall–Kier alpha value is -3.02. The van der Waals surface area contributed by atoms with Crippen LogP contribution in [0.15, 0.2) is 53.6 Å². The number of carbonyl (C=O) groups excluding carboxylic acids is 1. The number of hydrogen-bond donors (Lipinski definition) is 0. The minimum absolute atomic E-state index is 0.332. The molecule has 0 unspecified atom stereocenters. The van der Waals surface area contributed by atoms with Gasteiger partial charge >= 0.3 is 5.97 Å². The summed E-state index contributed by atoms with van der Waals surface area (Å²) in [5.74, 6) is 0.566. The zero-order chi connectivity index (χ0) is 18.4. The molecule has 136 valence electrons. The first kappa shape index (κ1) is 17.8. The molecule has 6 nitrogen and oxygen atoms in total. The number of hydrazone groups is 1. The average Bonchev–Trinajstić information content (AvgIpc) is 2.72. The molecule has 2 aromatic rings. The van der Waals surface area contributed by atoms with Crippen LogP contribution in [0.3, 0.4) is 0 Å². The van der Waals surface area contributed by atoms with Gasteiger partial charge in [0.2, 0.25) is 0 Å². The normalized spacial score (nSPS) is 14.5. The molecule has 1 aliphatic rings. The van der Waals surface area contributed by atoms with Crippen molar-refractivity contribution in [2.75, 3.05) is 45.3 Å². The third kappa shape index (κ3) is 4.14. The van der Waals surface area contributed by atoms with E-state index in [1.165, 1.54) is 7.11 Å². The second-order valence-corrected chi connectivity index (χ2v) is 5.97. The largest absolute Gasteiger partial charge is 0.495 e. The van der Waals surface area contributed by atoms with Crippen molar-refractivity contribution in [2.45, 2.75) is 0 Å². The molecule has 1 fully saturated rings. The van der Waals surface area contributed by atoms with Gasteiger partial charge < -0.3 is 14.4 Å². The van der Waals surface area contributed by atoms with Crippen LogP contribution in [-0.2, 0) is 4.74 Å². The van der Waals surface area contributed by atoms with Gasteiger partial charge in [-0.3, -0.25) is 5.01 Å². The molecule has 0 spiro atoms. The minimum Gasteiger partial charge on any atom is -0.495 e. The molecule has 0 N–H and O–H groups in total. The molecule has 1 saturated heterocycles. The van der Waals surface area contributed by atoms with Crippen molar-refractivity contribution in [2.24, 2.45) is 5.10 Å². The molecule has 1 heterocycles. The van der Waals surface area contributed by atoms with Gasteiger partial charge in [-0.1, -0.05) is 24.3 Å². The molecule has 0 amide bonds. The van der Waals surface area contributed by atoms with Gasteiger partial charge in [-0.05, 0) is 29.8 Å². The van der Waals surface area contributed by atoms with Gasteiger partial charge in [0.15, 0.2) is 0 Å². The van der Waals surface area contributed by atoms with E-state index < -0.39 is 0 Å². The van der Waals surface area contributed by atoms with Gasteiger partial charge in [0.25, 0.3) is 0 Å². The quantitative estimate of drug-likeness (QED) is 0.611. The zero-order valence-corrected chi connectivity index (χ0v) is 15.1. The minimum atomic E-state index is -0.332. The SMILES string of the molecule is COC(=O)c1ccc(/C=N\N2CCN(c3ccccc3OC)CC2)cc1. The smallest absolute Gasteiger partial charge is 0.337 e. The van der Waals surface area contributed by atoms with Gasteiger partial charge in [0.05, 0.1) is 44.8 Å². The highest BCUT2D eigenvalue weighted by Crippen LogP contribution is 2.28. The fourth-order valence-electron chi connectivity index (χ4n) is 2.91. The maximum Gasteiger partial charge on any atom is 0.337 e. The number of hydrogen-bond acceptors (Lipinski definition) is 6. The Balaban J connectivity index is 1.57. The van der Waals surface area contributed by atoms with Crippen LogP contribution >= 0.6 is 0 Å². The average molecular weight is 353 g/mol. The number of esters is 1. The summed E-state index contributed by atoms with van der Waals surface area (Å²) in [5, 5.41) is 6.61. The van der Waals surface area contributed by atoms with Crippen LogP contribution < -0.4 is 9.64 Å². The first-order valence-corrected chi connectivity index (χ1v) is 8.56. The molecule has 1 aliphatic heterocycles. The Morgan fingerprint density at radius 3 is 2.35 bits per heavy atom. The van der Waals surface area contributed by atoms with E-state index in [-0.39, 0.29) is 5.97 Å². The van der Waals surface area contributed by atoms with Crippen molar-refractivity contribution in [1.29, 1.82) is 0 Å². The fourth-order valence-corrected chi connectivity index (χ4v) is 2.91. The molecule has 0 saturated carbocycles. The predicted molar refractivity (Wildman–Crippen MR) is 102 cm³/mol. The number of benzene rings is 2. The summed E-state index contributed by atoms with van der Waals surface area (Å²) in [7, 11) is 3.08. The second-order valence-electron chi connectivity index (χ2n) is 5.97. The second kappa shape index (κ2) is 8.38. The van der Waals surface area contributed by atoms with E-state index in [9.17, 15) is 4.79 Å². The molecule has 0 aliphatic carbocycles. The molecular formula is C20H23N3O3. The molecule has 3 rings (SSSR count). The van der Waals surface area contributed by atoms with E-state index >= 15 is 0 Å². The highest BCUT2D eigenvalue weighted by atomic mass is 16.5. The van der Waals surface area contributed by atoms with E-state index in [1.54, 1.807) is 19.2 Å². The monoisotopic (exact) mass is 353 g/mol. The highest BCUT2D eigenvalue weighted by molar-refractivity contribution is 5.90. The van der Waals surface area contributed by atoms with Gasteiger partial charge in [-0.25, -0.2) is 4.79 Å². The topological polar surface area (TPSA) is 54.4 Å². The number of ether oxygens (including phenoxy) is 2. The third-order valence-electron chi connectivity index (χ3n) is 4.38. The Morgan fingerprint density at radius 2 is 1.69 bits per heavy atom. The predicted octanol–water partition coefficient (Wildman–Crippen LogP) is 2.64. The van der Waals surface area contributed by atoms with Crippen molar-refractivity contribution in [3.8, 4) is 5.75 Å². The van der Waals surface area contributed by atoms with Crippen LogP contribution in [0.25, 0.3) is 0 Å². The molecule has 0 aromatic heterocycles. The fraction of sp³-hybridized carbons (Fsp3) is 0.300. The van der Waals surface area contributed by atoms with Crippen molar-refractivity contribution in [3.05, 3.63) is 59.7 Å². The molecule has 0 bridgehead atoms. The van der Waals surface area contributed by atoms with Gasteiger partial charge in [0.1, 0.15) is 5.75 Å². The number of rotatable bonds is 5. The number of nitrogens with zero attached hydrogens (tertiary/aromatic N) is 3. The highest BCUT2D eigenvalue weighted by Gasteiger charge is 2.18. The summed E-state index contributed by atoms with van der Waals surface area (Å²) in [6, 6.07) is 15.3. The maximum absolute atomic E-state index is 11.4. The molecule has 6 heteroatoms. The van der Waals surface area contributed by atoms with Gasteiger partial charge in [0, 0.05) is 13.1 Å². The van der Waals surface area contributed by atoms with E-state index in [1.807, 2.05) is 36.5 Å². The Labute approximate surface area is 153 Å². The molecule has 0 atom stereocenters. The number of piperazine rings is 1. The number of anilines is 1. The third-order valence-corrected chi connectivity index (χ3v) is 4.38. The zero-order valence-electron chi connectivity index (χ0n) is 15.1. The van der Waals surface area contributed by atoms with E-state index in [2.05, 4.69) is 21.1 Å². The number of carbonyl (C=O) groups is 1. The van der Waals surface area contributed by atoms with Crippen molar-refractivity contribution in [1.82, 2.24) is 5.01 Å². The van der Waals surface area contributed by atoms with Gasteiger partial charge in [-0.2, -0.15) is 5.10 Å². The first-order chi connectivity index (χ1) is 12.7. The molecule has 0 radical (unpaired) electrons. The summed E-state index contributed by atoms with van der Waals surface area (Å²) in [5.41, 5.74) is 2.61. The Morgan fingerprint density at radius 1 is 1.00 bits per heavy atom. The first-order valence-electron chi connectivity index (χ1n) is 8.56. The standard InChI is InChI=1S/C20H23N3O3/c1-25-19-6-4-3-5-18(19)22-11-13-23(14-12-22)21-15-16-7-9-17(10-8-16)20(24)26-2/h3-10,15H,11-14H2,1-2H3/b21-15-. The van der Waals surface area contributed by atoms with E-state index in [4.69, 9.17) is 9.47 Å². The number of para-hydroxylation sites is 2. The lowest BCUT2D eigenvalue weighted by Crippen LogP contribution is -2.44. The lowest BCUT2D eigenvalue weighted by molar-refractivity contribution is 0.0600. The van der Waals surface area contributed by atoms with Crippen molar-refractivity contribution < 1.29 is 14.3 Å². The van der Waals surface area contributed by atoms with Crippen molar-refractivity contribution >= 4 is 17.9 Å². The summed E-state index contributed by atoms with van der Waals surface area (Å²) in [6.07, 6.45) is 1.82. The summed E-state index contributed by atoms with van der Waals surface area (Å²) in [4.78, 5) is 13.8. The lowest BCUT2D eigenvalue weighted by Gasteiger charge is -2.35. The van der Waals surface area contributed by atoms with Crippen LogP contribution in [0.1, 0.15) is 15.9 Å².